The Bertz CT molecular complexity index is 1020. The second-order valence-electron chi connectivity index (χ2n) is 7.37. The van der Waals surface area contributed by atoms with Crippen molar-refractivity contribution in [3.63, 3.8) is 0 Å². The summed E-state index contributed by atoms with van der Waals surface area (Å²) in [6, 6.07) is 20.0. The van der Waals surface area contributed by atoms with Crippen LogP contribution in [0.2, 0.25) is 0 Å². The van der Waals surface area contributed by atoms with Crippen molar-refractivity contribution in [2.45, 2.75) is 20.0 Å². The van der Waals surface area contributed by atoms with Gasteiger partial charge in [0.25, 0.3) is 0 Å². The predicted molar refractivity (Wildman–Crippen MR) is 128 cm³/mol. The fourth-order valence-electron chi connectivity index (χ4n) is 3.27. The van der Waals surface area contributed by atoms with Crippen molar-refractivity contribution < 1.29 is 18.7 Å². The number of hydrogen-bond donors (Lipinski definition) is 1. The van der Waals surface area contributed by atoms with Crippen molar-refractivity contribution in [2.75, 3.05) is 25.0 Å². The lowest BCUT2D eigenvalue weighted by molar-refractivity contribution is -0.133. The Balaban J connectivity index is 1.69. The smallest absolute Gasteiger partial charge is 0.322 e. The number of hydrogen-bond acceptors (Lipinski definition) is 4. The number of furan rings is 1. The van der Waals surface area contributed by atoms with Crippen molar-refractivity contribution in [1.29, 1.82) is 0 Å². The molecule has 0 aliphatic heterocycles. The fourth-order valence-corrected chi connectivity index (χ4v) is 3.27. The normalized spacial score (nSPS) is 10.3. The van der Waals surface area contributed by atoms with Crippen LogP contribution in [0, 0.1) is 0 Å². The van der Waals surface area contributed by atoms with Gasteiger partial charge in [-0.1, -0.05) is 36.4 Å². The van der Waals surface area contributed by atoms with Crippen LogP contribution in [0.3, 0.4) is 0 Å². The van der Waals surface area contributed by atoms with E-state index in [9.17, 15) is 9.59 Å². The van der Waals surface area contributed by atoms with Gasteiger partial charge < -0.3 is 24.3 Å². The zero-order chi connectivity index (χ0) is 23.5. The monoisotopic (exact) mass is 447 g/mol. The molecule has 3 rings (SSSR count). The maximum absolute atomic E-state index is 13.2. The number of nitrogens with zero attached hydrogens (tertiary/aromatic N) is 2. The van der Waals surface area contributed by atoms with Crippen molar-refractivity contribution >= 4 is 17.6 Å². The molecule has 1 N–H and O–H groups in total. The standard InChI is InChI=1S/C26H29N3O4/c1-3-16-28(26(31)27-22-12-14-23(15-13-22)32-4-2)20-25(30)29(19-24-11-8-17-33-24)18-21-9-6-5-7-10-21/h3,5-15,17H,1,4,16,18-20H2,2H3,(H,27,31). The van der Waals surface area contributed by atoms with E-state index in [1.807, 2.05) is 43.3 Å². The largest absolute Gasteiger partial charge is 0.494 e. The van der Waals surface area contributed by atoms with Gasteiger partial charge in [-0.3, -0.25) is 4.79 Å². The van der Waals surface area contributed by atoms with Crippen LogP contribution in [0.15, 0.2) is 90.1 Å². The molecule has 1 heterocycles. The molecule has 0 radical (unpaired) electrons. The van der Waals surface area contributed by atoms with Gasteiger partial charge >= 0.3 is 6.03 Å². The van der Waals surface area contributed by atoms with E-state index < -0.39 is 0 Å². The van der Waals surface area contributed by atoms with E-state index in [1.54, 1.807) is 47.6 Å². The third-order valence-electron chi connectivity index (χ3n) is 4.88. The van der Waals surface area contributed by atoms with Crippen LogP contribution < -0.4 is 10.1 Å². The number of nitrogens with one attached hydrogen (secondary N) is 1. The summed E-state index contributed by atoms with van der Waals surface area (Å²) in [5.41, 5.74) is 1.60. The summed E-state index contributed by atoms with van der Waals surface area (Å²) in [5, 5.41) is 2.83. The van der Waals surface area contributed by atoms with Gasteiger partial charge in [-0.05, 0) is 48.9 Å². The molecule has 3 amide bonds. The van der Waals surface area contributed by atoms with Gasteiger partial charge in [0.05, 0.1) is 19.4 Å². The van der Waals surface area contributed by atoms with Gasteiger partial charge in [-0.25, -0.2) is 4.79 Å². The zero-order valence-corrected chi connectivity index (χ0v) is 18.8. The second kappa shape index (κ2) is 12.1. The summed E-state index contributed by atoms with van der Waals surface area (Å²) < 4.78 is 10.9. The third-order valence-corrected chi connectivity index (χ3v) is 4.88. The SMILES string of the molecule is C=CCN(CC(=O)N(Cc1ccccc1)Cc1ccco1)C(=O)Nc1ccc(OCC)cc1. The molecule has 0 aliphatic carbocycles. The molecule has 0 fully saturated rings. The Labute approximate surface area is 194 Å². The van der Waals surface area contributed by atoms with Gasteiger partial charge in [0, 0.05) is 18.8 Å². The minimum atomic E-state index is -0.384. The van der Waals surface area contributed by atoms with Crippen LogP contribution in [0.4, 0.5) is 10.5 Å². The number of amides is 3. The minimum Gasteiger partial charge on any atom is -0.494 e. The van der Waals surface area contributed by atoms with E-state index in [0.717, 1.165) is 11.3 Å². The van der Waals surface area contributed by atoms with Crippen LogP contribution in [0.5, 0.6) is 5.75 Å². The first-order valence-electron chi connectivity index (χ1n) is 10.8. The van der Waals surface area contributed by atoms with E-state index in [4.69, 9.17) is 9.15 Å². The molecule has 1 aromatic heterocycles. The molecule has 7 heteroatoms. The number of carbonyl (C=O) groups is 2. The van der Waals surface area contributed by atoms with Gasteiger partial charge in [0.1, 0.15) is 18.1 Å². The van der Waals surface area contributed by atoms with Crippen LogP contribution in [-0.2, 0) is 17.9 Å². The highest BCUT2D eigenvalue weighted by atomic mass is 16.5. The summed E-state index contributed by atoms with van der Waals surface area (Å²) in [4.78, 5) is 29.2. The highest BCUT2D eigenvalue weighted by Gasteiger charge is 2.22. The van der Waals surface area contributed by atoms with E-state index in [1.165, 1.54) is 4.90 Å². The first kappa shape index (κ1) is 23.7. The molecule has 0 spiro atoms. The number of carbonyl (C=O) groups excluding carboxylic acids is 2. The first-order valence-corrected chi connectivity index (χ1v) is 10.8. The van der Waals surface area contributed by atoms with E-state index in [-0.39, 0.29) is 25.0 Å². The Morgan fingerprint density at radius 3 is 2.39 bits per heavy atom. The van der Waals surface area contributed by atoms with E-state index >= 15 is 0 Å². The Kier molecular flexibility index (Phi) is 8.71. The fraction of sp³-hybridized carbons (Fsp3) is 0.231. The van der Waals surface area contributed by atoms with E-state index in [2.05, 4.69) is 11.9 Å². The summed E-state index contributed by atoms with van der Waals surface area (Å²) in [7, 11) is 0. The third kappa shape index (κ3) is 7.28. The Hall–Kier alpha value is -4.00. The highest BCUT2D eigenvalue weighted by molar-refractivity contribution is 5.92. The molecule has 0 aliphatic rings. The number of urea groups is 1. The predicted octanol–water partition coefficient (Wildman–Crippen LogP) is 4.93. The van der Waals surface area contributed by atoms with Crippen LogP contribution >= 0.6 is 0 Å². The molecule has 0 saturated carbocycles. The lowest BCUT2D eigenvalue weighted by Gasteiger charge is -2.27. The second-order valence-corrected chi connectivity index (χ2v) is 7.37. The van der Waals surface area contributed by atoms with E-state index in [0.29, 0.717) is 31.1 Å². The summed E-state index contributed by atoms with van der Waals surface area (Å²) >= 11 is 0. The van der Waals surface area contributed by atoms with Crippen molar-refractivity contribution in [2.24, 2.45) is 0 Å². The molecule has 0 atom stereocenters. The average Bonchev–Trinajstić information content (AvgIpc) is 3.33. The van der Waals surface area contributed by atoms with Crippen molar-refractivity contribution in [3.8, 4) is 5.75 Å². The molecule has 0 bridgehead atoms. The highest BCUT2D eigenvalue weighted by Crippen LogP contribution is 2.17. The van der Waals surface area contributed by atoms with Crippen molar-refractivity contribution in [1.82, 2.24) is 9.80 Å². The Morgan fingerprint density at radius 2 is 1.76 bits per heavy atom. The molecule has 0 saturated heterocycles. The van der Waals surface area contributed by atoms with Crippen LogP contribution in [0.1, 0.15) is 18.2 Å². The summed E-state index contributed by atoms with van der Waals surface area (Å²) in [6.45, 7) is 7.05. The summed E-state index contributed by atoms with van der Waals surface area (Å²) in [5.74, 6) is 1.20. The quantitative estimate of drug-likeness (QED) is 0.423. The van der Waals surface area contributed by atoms with Gasteiger partial charge in [0.2, 0.25) is 5.91 Å². The molecule has 2 aromatic carbocycles. The van der Waals surface area contributed by atoms with Crippen LogP contribution in [-0.4, -0.2) is 41.4 Å². The van der Waals surface area contributed by atoms with Gasteiger partial charge in [0.15, 0.2) is 0 Å². The van der Waals surface area contributed by atoms with Gasteiger partial charge in [-0.15, -0.1) is 6.58 Å². The minimum absolute atomic E-state index is 0.0948. The Morgan fingerprint density at radius 1 is 1.00 bits per heavy atom. The maximum atomic E-state index is 13.2. The molecular weight excluding hydrogens is 418 g/mol. The molecule has 0 unspecified atom stereocenters. The molecular formula is C26H29N3O4. The topological polar surface area (TPSA) is 75.0 Å². The van der Waals surface area contributed by atoms with Crippen LogP contribution in [0.25, 0.3) is 0 Å². The number of rotatable bonds is 11. The lowest BCUT2D eigenvalue weighted by atomic mass is 10.2. The summed E-state index contributed by atoms with van der Waals surface area (Å²) in [6.07, 6.45) is 3.17. The number of anilines is 1. The molecule has 33 heavy (non-hydrogen) atoms. The number of benzene rings is 2. The van der Waals surface area contributed by atoms with Crippen molar-refractivity contribution in [3.05, 3.63) is 97.0 Å². The lowest BCUT2D eigenvalue weighted by Crippen LogP contribution is -2.44. The molecule has 172 valence electrons. The molecule has 7 nitrogen and oxygen atoms in total. The first-order chi connectivity index (χ1) is 16.1. The van der Waals surface area contributed by atoms with Gasteiger partial charge in [-0.2, -0.15) is 0 Å². The maximum Gasteiger partial charge on any atom is 0.322 e. The number of ether oxygens (including phenoxy) is 1. The zero-order valence-electron chi connectivity index (χ0n) is 18.8. The molecule has 3 aromatic rings. The average molecular weight is 448 g/mol.